The number of aromatic nitrogens is 1. The summed E-state index contributed by atoms with van der Waals surface area (Å²) in [6.45, 7) is 4.38. The molecule has 0 bridgehead atoms. The van der Waals surface area contributed by atoms with Crippen molar-refractivity contribution < 1.29 is 0 Å². The fourth-order valence-corrected chi connectivity index (χ4v) is 3.87. The van der Waals surface area contributed by atoms with Crippen LogP contribution in [0, 0.1) is 18.8 Å². The van der Waals surface area contributed by atoms with Crippen LogP contribution in [-0.2, 0) is 0 Å². The first kappa shape index (κ1) is 12.4. The molecule has 1 saturated heterocycles. The van der Waals surface area contributed by atoms with E-state index in [1.54, 1.807) is 0 Å². The highest BCUT2D eigenvalue weighted by molar-refractivity contribution is 9.10. The summed E-state index contributed by atoms with van der Waals surface area (Å²) in [7, 11) is 0. The first-order valence-electron chi connectivity index (χ1n) is 6.77. The lowest BCUT2D eigenvalue weighted by Crippen LogP contribution is -2.32. The van der Waals surface area contributed by atoms with Crippen LogP contribution in [0.2, 0.25) is 0 Å². The van der Waals surface area contributed by atoms with Gasteiger partial charge in [0.05, 0.1) is 4.47 Å². The zero-order chi connectivity index (χ0) is 12.7. The Morgan fingerprint density at radius 2 is 2.11 bits per heavy atom. The number of nitrogens with zero attached hydrogens (tertiary/aromatic N) is 2. The minimum absolute atomic E-state index is 0.417. The van der Waals surface area contributed by atoms with E-state index >= 15 is 0 Å². The highest BCUT2D eigenvalue weighted by Crippen LogP contribution is 2.39. The van der Waals surface area contributed by atoms with Crippen molar-refractivity contribution in [2.45, 2.75) is 32.2 Å². The predicted molar refractivity (Wildman–Crippen MR) is 77.7 cm³/mol. The molecule has 0 aromatic carbocycles. The number of pyridine rings is 1. The highest BCUT2D eigenvalue weighted by Gasteiger charge is 2.37. The molecular weight excluding hydrogens is 290 g/mol. The van der Waals surface area contributed by atoms with E-state index in [-0.39, 0.29) is 0 Å². The fourth-order valence-electron chi connectivity index (χ4n) is 3.39. The molecule has 1 aromatic rings. The van der Waals surface area contributed by atoms with Crippen molar-refractivity contribution in [1.82, 2.24) is 4.98 Å². The van der Waals surface area contributed by atoms with Gasteiger partial charge in [-0.15, -0.1) is 0 Å². The van der Waals surface area contributed by atoms with Crippen LogP contribution in [0.15, 0.2) is 16.7 Å². The van der Waals surface area contributed by atoms with Gasteiger partial charge in [0.2, 0.25) is 0 Å². The van der Waals surface area contributed by atoms with Gasteiger partial charge in [0.1, 0.15) is 5.82 Å². The van der Waals surface area contributed by atoms with E-state index in [0.717, 1.165) is 35.2 Å². The van der Waals surface area contributed by atoms with Gasteiger partial charge in [-0.05, 0) is 65.6 Å². The first-order chi connectivity index (χ1) is 8.65. The van der Waals surface area contributed by atoms with Crippen molar-refractivity contribution in [2.24, 2.45) is 17.6 Å². The number of anilines is 1. The summed E-state index contributed by atoms with van der Waals surface area (Å²) in [6, 6.07) is 2.47. The van der Waals surface area contributed by atoms with E-state index in [1.165, 1.54) is 24.8 Å². The topological polar surface area (TPSA) is 42.2 Å². The van der Waals surface area contributed by atoms with E-state index in [4.69, 9.17) is 5.73 Å². The molecule has 1 unspecified atom stereocenters. The maximum atomic E-state index is 6.09. The molecule has 1 aliphatic carbocycles. The molecule has 1 aliphatic heterocycles. The van der Waals surface area contributed by atoms with E-state index < -0.39 is 0 Å². The summed E-state index contributed by atoms with van der Waals surface area (Å²) in [4.78, 5) is 6.98. The second-order valence-electron chi connectivity index (χ2n) is 5.76. The standard InChI is InChI=1S/C14H20BrN3/c1-9-4-5-17-14(13(9)15)18-7-10-2-3-12(16)6-11(10)8-18/h4-5,10-12H,2-3,6-8,16H2,1H3/t10-,11+,12?/m1/s1. The molecule has 2 N–H and O–H groups in total. The average Bonchev–Trinajstić information content (AvgIpc) is 2.75. The third-order valence-electron chi connectivity index (χ3n) is 4.45. The molecule has 18 heavy (non-hydrogen) atoms. The summed E-state index contributed by atoms with van der Waals surface area (Å²) in [5.41, 5.74) is 7.34. The van der Waals surface area contributed by atoms with Gasteiger partial charge in [0.25, 0.3) is 0 Å². The fraction of sp³-hybridized carbons (Fsp3) is 0.643. The molecule has 3 rings (SSSR count). The molecule has 3 atom stereocenters. The third-order valence-corrected chi connectivity index (χ3v) is 5.43. The lowest BCUT2D eigenvalue weighted by Gasteiger charge is -2.27. The molecule has 0 radical (unpaired) electrons. The van der Waals surface area contributed by atoms with Crippen molar-refractivity contribution in [1.29, 1.82) is 0 Å². The molecule has 1 aromatic heterocycles. The maximum absolute atomic E-state index is 6.09. The van der Waals surface area contributed by atoms with E-state index in [0.29, 0.717) is 6.04 Å². The Labute approximate surface area is 117 Å². The van der Waals surface area contributed by atoms with Crippen LogP contribution >= 0.6 is 15.9 Å². The monoisotopic (exact) mass is 309 g/mol. The van der Waals surface area contributed by atoms with Gasteiger partial charge in [-0.2, -0.15) is 0 Å². The zero-order valence-electron chi connectivity index (χ0n) is 10.8. The second kappa shape index (κ2) is 4.82. The van der Waals surface area contributed by atoms with E-state index in [9.17, 15) is 0 Å². The predicted octanol–water partition coefficient (Wildman–Crippen LogP) is 2.72. The van der Waals surface area contributed by atoms with Crippen molar-refractivity contribution in [2.75, 3.05) is 18.0 Å². The number of hydrogen-bond donors (Lipinski definition) is 1. The summed E-state index contributed by atoms with van der Waals surface area (Å²) in [5, 5.41) is 0. The Balaban J connectivity index is 1.81. The molecule has 98 valence electrons. The number of nitrogens with two attached hydrogens (primary N) is 1. The number of fused-ring (bicyclic) bond motifs is 1. The highest BCUT2D eigenvalue weighted by atomic mass is 79.9. The van der Waals surface area contributed by atoms with Gasteiger partial charge in [-0.25, -0.2) is 4.98 Å². The van der Waals surface area contributed by atoms with Crippen LogP contribution in [0.25, 0.3) is 0 Å². The number of rotatable bonds is 1. The summed E-state index contributed by atoms with van der Waals surface area (Å²) in [5.74, 6) is 2.69. The van der Waals surface area contributed by atoms with Crippen molar-refractivity contribution >= 4 is 21.7 Å². The quantitative estimate of drug-likeness (QED) is 0.867. The minimum Gasteiger partial charge on any atom is -0.355 e. The first-order valence-corrected chi connectivity index (χ1v) is 7.56. The summed E-state index contributed by atoms with van der Waals surface area (Å²) in [6.07, 6.45) is 5.57. The van der Waals surface area contributed by atoms with Crippen LogP contribution in [0.5, 0.6) is 0 Å². The van der Waals surface area contributed by atoms with Gasteiger partial charge in [0.15, 0.2) is 0 Å². The zero-order valence-corrected chi connectivity index (χ0v) is 12.4. The molecule has 0 spiro atoms. The van der Waals surface area contributed by atoms with Crippen LogP contribution in [0.4, 0.5) is 5.82 Å². The Morgan fingerprint density at radius 1 is 1.33 bits per heavy atom. The van der Waals surface area contributed by atoms with Crippen LogP contribution in [-0.4, -0.2) is 24.1 Å². The number of hydrogen-bond acceptors (Lipinski definition) is 3. The largest absolute Gasteiger partial charge is 0.355 e. The third kappa shape index (κ3) is 2.16. The molecule has 1 saturated carbocycles. The SMILES string of the molecule is Cc1ccnc(N2C[C@H]3CCC(N)C[C@H]3C2)c1Br. The van der Waals surface area contributed by atoms with Gasteiger partial charge in [-0.1, -0.05) is 0 Å². The van der Waals surface area contributed by atoms with Crippen molar-refractivity contribution in [3.8, 4) is 0 Å². The van der Waals surface area contributed by atoms with Crippen LogP contribution < -0.4 is 10.6 Å². The summed E-state index contributed by atoms with van der Waals surface area (Å²) >= 11 is 3.67. The molecular formula is C14H20BrN3. The Bertz CT molecular complexity index is 449. The van der Waals surface area contributed by atoms with Gasteiger partial charge >= 0.3 is 0 Å². The summed E-state index contributed by atoms with van der Waals surface area (Å²) < 4.78 is 1.15. The number of aryl methyl sites for hydroxylation is 1. The Morgan fingerprint density at radius 3 is 2.94 bits per heavy atom. The van der Waals surface area contributed by atoms with E-state index in [2.05, 4.69) is 32.7 Å². The maximum Gasteiger partial charge on any atom is 0.143 e. The van der Waals surface area contributed by atoms with Gasteiger partial charge in [-0.3, -0.25) is 0 Å². The van der Waals surface area contributed by atoms with Gasteiger partial charge in [0, 0.05) is 25.3 Å². The van der Waals surface area contributed by atoms with Crippen molar-refractivity contribution in [3.05, 3.63) is 22.3 Å². The molecule has 3 nitrogen and oxygen atoms in total. The average molecular weight is 310 g/mol. The number of halogens is 1. The van der Waals surface area contributed by atoms with Gasteiger partial charge < -0.3 is 10.6 Å². The van der Waals surface area contributed by atoms with Crippen molar-refractivity contribution in [3.63, 3.8) is 0 Å². The Kier molecular flexibility index (Phi) is 3.32. The molecule has 0 amide bonds. The van der Waals surface area contributed by atoms with Crippen LogP contribution in [0.1, 0.15) is 24.8 Å². The molecule has 4 heteroatoms. The second-order valence-corrected chi connectivity index (χ2v) is 6.56. The Hall–Kier alpha value is -0.610. The lowest BCUT2D eigenvalue weighted by molar-refractivity contribution is 0.271. The van der Waals surface area contributed by atoms with E-state index in [1.807, 2.05) is 12.3 Å². The molecule has 2 fully saturated rings. The lowest BCUT2D eigenvalue weighted by atomic mass is 9.79. The molecule has 2 aliphatic rings. The smallest absolute Gasteiger partial charge is 0.143 e. The van der Waals surface area contributed by atoms with Crippen LogP contribution in [0.3, 0.4) is 0 Å². The normalized spacial score (nSPS) is 31.5. The minimum atomic E-state index is 0.417. The molecule has 2 heterocycles.